The molecule has 0 aliphatic carbocycles. The van der Waals surface area contributed by atoms with Gasteiger partial charge in [-0.2, -0.15) is 0 Å². The van der Waals surface area contributed by atoms with Gasteiger partial charge in [-0.3, -0.25) is 9.59 Å². The molecule has 0 saturated carbocycles. The van der Waals surface area contributed by atoms with Gasteiger partial charge < -0.3 is 9.47 Å². The Bertz CT molecular complexity index is 805. The van der Waals surface area contributed by atoms with Crippen molar-refractivity contribution in [3.8, 4) is 5.75 Å². The zero-order chi connectivity index (χ0) is 18.9. The highest BCUT2D eigenvalue weighted by atomic mass is 16.5. The highest BCUT2D eigenvalue weighted by molar-refractivity contribution is 6.39. The van der Waals surface area contributed by atoms with Crippen molar-refractivity contribution in [2.75, 3.05) is 18.6 Å². The smallest absolute Gasteiger partial charge is 0.354 e. The van der Waals surface area contributed by atoms with Crippen LogP contribution in [0.15, 0.2) is 34.7 Å². The summed E-state index contributed by atoms with van der Waals surface area (Å²) in [6.07, 6.45) is -0.551. The van der Waals surface area contributed by atoms with E-state index in [-0.39, 0.29) is 25.2 Å². The monoisotopic (exact) mass is 360 g/mol. The summed E-state index contributed by atoms with van der Waals surface area (Å²) in [6.45, 7) is 1.73. The molecular weight excluding hydrogens is 344 g/mol. The molecule has 2 aliphatic rings. The number of esters is 1. The molecule has 26 heavy (non-hydrogen) atoms. The summed E-state index contributed by atoms with van der Waals surface area (Å²) in [5, 5.41) is 7.10. The summed E-state index contributed by atoms with van der Waals surface area (Å²) in [5.41, 5.74) is -1.43. The minimum Gasteiger partial charge on any atom is -0.497 e. The van der Waals surface area contributed by atoms with Gasteiger partial charge in [-0.1, -0.05) is 0 Å². The predicted molar refractivity (Wildman–Crippen MR) is 89.2 cm³/mol. The van der Waals surface area contributed by atoms with E-state index in [0.29, 0.717) is 16.6 Å². The fourth-order valence-corrected chi connectivity index (χ4v) is 3.03. The maximum absolute atomic E-state index is 13.0. The second-order valence-electron chi connectivity index (χ2n) is 5.76. The van der Waals surface area contributed by atoms with Crippen LogP contribution >= 0.6 is 0 Å². The van der Waals surface area contributed by atoms with Gasteiger partial charge in [-0.05, 0) is 31.2 Å². The Morgan fingerprint density at radius 3 is 2.54 bits per heavy atom. The number of methoxy groups -OCH3 is 1. The molecule has 0 bridgehead atoms. The van der Waals surface area contributed by atoms with E-state index in [1.54, 1.807) is 31.2 Å². The minimum absolute atomic E-state index is 0.115. The second-order valence-corrected chi connectivity index (χ2v) is 5.76. The maximum atomic E-state index is 13.0. The van der Waals surface area contributed by atoms with E-state index in [0.717, 1.165) is 4.90 Å². The Morgan fingerprint density at radius 2 is 1.96 bits per heavy atom. The van der Waals surface area contributed by atoms with Gasteiger partial charge in [0.25, 0.3) is 5.91 Å². The van der Waals surface area contributed by atoms with Crippen molar-refractivity contribution >= 4 is 29.2 Å². The number of imide groups is 1. The van der Waals surface area contributed by atoms with Gasteiger partial charge in [0, 0.05) is 6.42 Å². The lowest BCUT2D eigenvalue weighted by Crippen LogP contribution is -2.48. The number of hydrogen-bond donors (Lipinski definition) is 0. The number of hydrazone groups is 1. The predicted octanol–water partition coefficient (Wildman–Crippen LogP) is 1.00. The van der Waals surface area contributed by atoms with E-state index in [2.05, 4.69) is 10.4 Å². The maximum Gasteiger partial charge on any atom is 0.354 e. The molecule has 10 nitrogen and oxygen atoms in total. The zero-order valence-electron chi connectivity index (χ0n) is 14.2. The molecule has 1 unspecified atom stereocenters. The van der Waals surface area contributed by atoms with Crippen molar-refractivity contribution in [1.82, 2.24) is 5.12 Å². The summed E-state index contributed by atoms with van der Waals surface area (Å²) in [4.78, 5) is 49.6. The summed E-state index contributed by atoms with van der Waals surface area (Å²) < 4.78 is 9.91. The minimum atomic E-state index is -1.64. The number of carbonyl (C=O) groups excluding carboxylic acids is 3. The van der Waals surface area contributed by atoms with Gasteiger partial charge in [-0.25, -0.2) is 9.69 Å². The van der Waals surface area contributed by atoms with Crippen LogP contribution in [0.4, 0.5) is 5.69 Å². The number of ether oxygens (including phenoxy) is 2. The molecule has 136 valence electrons. The lowest BCUT2D eigenvalue weighted by molar-refractivity contribution is -0.135. The number of anilines is 1. The van der Waals surface area contributed by atoms with Gasteiger partial charge in [0.15, 0.2) is 11.3 Å². The molecule has 0 radical (unpaired) electrons. The molecule has 0 aromatic heterocycles. The lowest BCUT2D eigenvalue weighted by atomic mass is 9.92. The molecule has 1 spiro atoms. The summed E-state index contributed by atoms with van der Waals surface area (Å²) in [6, 6.07) is 6.31. The van der Waals surface area contributed by atoms with E-state index in [4.69, 9.17) is 9.47 Å². The van der Waals surface area contributed by atoms with Crippen molar-refractivity contribution < 1.29 is 23.9 Å². The van der Waals surface area contributed by atoms with Crippen LogP contribution in [0, 0.1) is 4.91 Å². The molecule has 1 fully saturated rings. The molecule has 2 heterocycles. The molecule has 1 aromatic rings. The highest BCUT2D eigenvalue weighted by Gasteiger charge is 2.61. The first-order valence-corrected chi connectivity index (χ1v) is 7.86. The number of hydrogen-bond acceptors (Lipinski definition) is 8. The van der Waals surface area contributed by atoms with Gasteiger partial charge in [0.1, 0.15) is 5.75 Å². The summed E-state index contributed by atoms with van der Waals surface area (Å²) >= 11 is 0. The fourth-order valence-electron chi connectivity index (χ4n) is 3.03. The van der Waals surface area contributed by atoms with Crippen LogP contribution in [0.5, 0.6) is 5.75 Å². The molecular formula is C16H16N4O6. The zero-order valence-corrected chi connectivity index (χ0v) is 14.2. The quantitative estimate of drug-likeness (QED) is 0.437. The Kier molecular flexibility index (Phi) is 4.41. The van der Waals surface area contributed by atoms with Crippen molar-refractivity contribution in [2.24, 2.45) is 10.4 Å². The van der Waals surface area contributed by atoms with Gasteiger partial charge in [-0.15, -0.1) is 15.1 Å². The van der Waals surface area contributed by atoms with E-state index >= 15 is 0 Å². The van der Waals surface area contributed by atoms with Crippen LogP contribution in [-0.2, 0) is 19.1 Å². The van der Waals surface area contributed by atoms with Crippen molar-refractivity contribution in [3.63, 3.8) is 0 Å². The molecule has 2 aliphatic heterocycles. The van der Waals surface area contributed by atoms with Crippen molar-refractivity contribution in [3.05, 3.63) is 29.2 Å². The first-order chi connectivity index (χ1) is 12.5. The number of amides is 2. The third kappa shape index (κ3) is 2.59. The lowest BCUT2D eigenvalue weighted by Gasteiger charge is -2.24. The Balaban J connectivity index is 1.92. The number of nitrogens with zero attached hydrogens (tertiary/aromatic N) is 4. The topological polar surface area (TPSA) is 118 Å². The van der Waals surface area contributed by atoms with Crippen LogP contribution in [-0.4, -0.2) is 47.9 Å². The van der Waals surface area contributed by atoms with Gasteiger partial charge in [0.05, 0.1) is 31.1 Å². The summed E-state index contributed by atoms with van der Waals surface area (Å²) in [5.74, 6) is -1.38. The van der Waals surface area contributed by atoms with E-state index in [9.17, 15) is 19.3 Å². The largest absolute Gasteiger partial charge is 0.497 e. The van der Waals surface area contributed by atoms with E-state index in [1.807, 2.05) is 0 Å². The number of benzene rings is 1. The van der Waals surface area contributed by atoms with Crippen LogP contribution in [0.2, 0.25) is 0 Å². The Hall–Kier alpha value is -3.30. The molecule has 0 N–H and O–H groups in total. The molecule has 1 aromatic carbocycles. The third-order valence-corrected chi connectivity index (χ3v) is 4.27. The fraction of sp³-hybridized carbons (Fsp3) is 0.375. The van der Waals surface area contributed by atoms with E-state index < -0.39 is 23.3 Å². The van der Waals surface area contributed by atoms with Gasteiger partial charge >= 0.3 is 5.97 Å². The molecule has 1 atom stereocenters. The average Bonchev–Trinajstić information content (AvgIpc) is 3.13. The molecule has 2 amide bonds. The van der Waals surface area contributed by atoms with Crippen LogP contribution in [0.25, 0.3) is 0 Å². The molecule has 3 rings (SSSR count). The second kappa shape index (κ2) is 6.54. The average molecular weight is 360 g/mol. The standard InChI is InChI=1S/C16H16N4O6/c1-3-26-14(22)12-8-16(20(17-12)18-24)9-13(21)19(15(16)23)10-4-6-11(25-2)7-5-10/h4-7H,3,8-9H2,1-2H3. The normalized spacial score (nSPS) is 22.0. The van der Waals surface area contributed by atoms with Crippen molar-refractivity contribution in [1.29, 1.82) is 0 Å². The SMILES string of the molecule is CCOC(=O)C1=NN(N=O)C2(CC(=O)N(c3ccc(OC)cc3)C2=O)C1. The number of carbonyl (C=O) groups is 3. The third-order valence-electron chi connectivity index (χ3n) is 4.27. The molecule has 10 heteroatoms. The molecule has 1 saturated heterocycles. The first kappa shape index (κ1) is 17.5. The number of nitroso groups, excluding NO2 is 1. The van der Waals surface area contributed by atoms with Crippen LogP contribution in [0.1, 0.15) is 19.8 Å². The van der Waals surface area contributed by atoms with Crippen LogP contribution in [0.3, 0.4) is 0 Å². The highest BCUT2D eigenvalue weighted by Crippen LogP contribution is 2.40. The number of rotatable bonds is 5. The van der Waals surface area contributed by atoms with Crippen LogP contribution < -0.4 is 9.64 Å². The first-order valence-electron chi connectivity index (χ1n) is 7.86. The van der Waals surface area contributed by atoms with Gasteiger partial charge in [0.2, 0.25) is 5.91 Å². The Morgan fingerprint density at radius 1 is 1.27 bits per heavy atom. The Labute approximate surface area is 148 Å². The summed E-state index contributed by atoms with van der Waals surface area (Å²) in [7, 11) is 1.50. The van der Waals surface area contributed by atoms with E-state index in [1.165, 1.54) is 7.11 Å². The van der Waals surface area contributed by atoms with Crippen molar-refractivity contribution in [2.45, 2.75) is 25.3 Å².